The minimum absolute atomic E-state index is 0.125. The monoisotopic (exact) mass is 313 g/mol. The standard InChI is InChI=1S/C13H16ClN3O2S/c1-3-6-15-13(20)17-16-12(18)8-19-11-5-4-10(14)7-9(11)2/h3-5,7H,1,6,8H2,2H3,(H,16,18)(H2,15,17,20). The van der Waals surface area contributed by atoms with Crippen molar-refractivity contribution in [3.8, 4) is 5.75 Å². The van der Waals surface area contributed by atoms with Crippen LogP contribution in [0.2, 0.25) is 5.02 Å². The number of halogens is 1. The first-order valence-corrected chi connectivity index (χ1v) is 6.64. The zero-order chi connectivity index (χ0) is 15.0. The van der Waals surface area contributed by atoms with Gasteiger partial charge in [0.2, 0.25) is 0 Å². The Bertz CT molecular complexity index is 508. The van der Waals surface area contributed by atoms with Crippen molar-refractivity contribution in [1.29, 1.82) is 0 Å². The number of rotatable bonds is 5. The lowest BCUT2D eigenvalue weighted by atomic mass is 10.2. The largest absolute Gasteiger partial charge is 0.483 e. The van der Waals surface area contributed by atoms with Crippen molar-refractivity contribution in [3.63, 3.8) is 0 Å². The van der Waals surface area contributed by atoms with Crippen molar-refractivity contribution < 1.29 is 9.53 Å². The zero-order valence-corrected chi connectivity index (χ0v) is 12.6. The van der Waals surface area contributed by atoms with Crippen LogP contribution in [0, 0.1) is 6.92 Å². The molecule has 0 bridgehead atoms. The minimum Gasteiger partial charge on any atom is -0.483 e. The number of nitrogens with one attached hydrogen (secondary N) is 3. The first-order valence-electron chi connectivity index (χ1n) is 5.85. The molecule has 1 amide bonds. The first-order chi connectivity index (χ1) is 9.52. The summed E-state index contributed by atoms with van der Waals surface area (Å²) in [7, 11) is 0. The lowest BCUT2D eigenvalue weighted by molar-refractivity contribution is -0.123. The molecule has 0 aliphatic carbocycles. The molecule has 108 valence electrons. The van der Waals surface area contributed by atoms with Gasteiger partial charge in [-0.05, 0) is 42.9 Å². The smallest absolute Gasteiger partial charge is 0.276 e. The van der Waals surface area contributed by atoms with Gasteiger partial charge in [0.25, 0.3) is 5.91 Å². The van der Waals surface area contributed by atoms with Gasteiger partial charge in [0.1, 0.15) is 5.75 Å². The molecule has 0 unspecified atom stereocenters. The molecule has 0 aromatic heterocycles. The van der Waals surface area contributed by atoms with Crippen LogP contribution in [0.1, 0.15) is 5.56 Å². The summed E-state index contributed by atoms with van der Waals surface area (Å²) in [5, 5.41) is 3.74. The second kappa shape index (κ2) is 8.39. The third-order valence-corrected chi connectivity index (χ3v) is 2.70. The second-order valence-electron chi connectivity index (χ2n) is 3.87. The zero-order valence-electron chi connectivity index (χ0n) is 11.0. The summed E-state index contributed by atoms with van der Waals surface area (Å²) in [5.74, 6) is 0.263. The van der Waals surface area contributed by atoms with Crippen LogP contribution in [0.5, 0.6) is 5.75 Å². The third-order valence-electron chi connectivity index (χ3n) is 2.22. The van der Waals surface area contributed by atoms with E-state index in [9.17, 15) is 4.79 Å². The van der Waals surface area contributed by atoms with Crippen molar-refractivity contribution in [2.45, 2.75) is 6.92 Å². The van der Waals surface area contributed by atoms with Crippen LogP contribution < -0.4 is 20.9 Å². The summed E-state index contributed by atoms with van der Waals surface area (Å²) >= 11 is 10.7. The van der Waals surface area contributed by atoms with Crippen molar-refractivity contribution in [2.24, 2.45) is 0 Å². The van der Waals surface area contributed by atoms with Crippen LogP contribution in [0.4, 0.5) is 0 Å². The molecule has 20 heavy (non-hydrogen) atoms. The van der Waals surface area contributed by atoms with Gasteiger partial charge in [-0.2, -0.15) is 0 Å². The number of thiocarbonyl (C=S) groups is 1. The van der Waals surface area contributed by atoms with E-state index in [4.69, 9.17) is 28.6 Å². The highest BCUT2D eigenvalue weighted by molar-refractivity contribution is 7.80. The maximum atomic E-state index is 11.5. The fourth-order valence-corrected chi connectivity index (χ4v) is 1.65. The lowest BCUT2D eigenvalue weighted by Crippen LogP contribution is -2.48. The lowest BCUT2D eigenvalue weighted by Gasteiger charge is -2.12. The number of hydrogen-bond donors (Lipinski definition) is 3. The molecule has 1 aromatic carbocycles. The Balaban J connectivity index is 2.32. The molecule has 0 spiro atoms. The quantitative estimate of drug-likeness (QED) is 0.439. The third kappa shape index (κ3) is 5.90. The van der Waals surface area contributed by atoms with Gasteiger partial charge in [-0.25, -0.2) is 0 Å². The normalized spacial score (nSPS) is 9.50. The average Bonchev–Trinajstić information content (AvgIpc) is 2.41. The van der Waals surface area contributed by atoms with E-state index in [1.54, 1.807) is 24.3 Å². The summed E-state index contributed by atoms with van der Waals surface area (Å²) in [6, 6.07) is 5.18. The molecular formula is C13H16ClN3O2S. The number of carbonyl (C=O) groups excluding carboxylic acids is 1. The van der Waals surface area contributed by atoms with E-state index >= 15 is 0 Å². The SMILES string of the molecule is C=CCNC(=S)NNC(=O)COc1ccc(Cl)cc1C. The molecule has 0 aliphatic heterocycles. The van der Waals surface area contributed by atoms with Crippen LogP contribution in [-0.4, -0.2) is 24.2 Å². The number of ether oxygens (including phenoxy) is 1. The van der Waals surface area contributed by atoms with Crippen LogP contribution in [0.3, 0.4) is 0 Å². The molecule has 1 aromatic rings. The van der Waals surface area contributed by atoms with Crippen molar-refractivity contribution in [2.75, 3.05) is 13.2 Å². The topological polar surface area (TPSA) is 62.4 Å². The maximum absolute atomic E-state index is 11.5. The molecule has 7 heteroatoms. The van der Waals surface area contributed by atoms with Gasteiger partial charge in [-0.1, -0.05) is 17.7 Å². The highest BCUT2D eigenvalue weighted by atomic mass is 35.5. The predicted octanol–water partition coefficient (Wildman–Crippen LogP) is 1.71. The highest BCUT2D eigenvalue weighted by Crippen LogP contribution is 2.21. The summed E-state index contributed by atoms with van der Waals surface area (Å²) in [5.41, 5.74) is 5.83. The van der Waals surface area contributed by atoms with E-state index < -0.39 is 0 Å². The summed E-state index contributed by atoms with van der Waals surface area (Å²) in [6.45, 7) is 5.78. The van der Waals surface area contributed by atoms with E-state index in [1.807, 2.05) is 6.92 Å². The number of aryl methyl sites for hydroxylation is 1. The molecule has 0 radical (unpaired) electrons. The van der Waals surface area contributed by atoms with Gasteiger partial charge < -0.3 is 10.1 Å². The fraction of sp³-hybridized carbons (Fsp3) is 0.231. The van der Waals surface area contributed by atoms with Gasteiger partial charge in [-0.15, -0.1) is 6.58 Å². The molecule has 1 rings (SSSR count). The number of hydrazine groups is 1. The maximum Gasteiger partial charge on any atom is 0.276 e. The average molecular weight is 314 g/mol. The van der Waals surface area contributed by atoms with Crippen molar-refractivity contribution >= 4 is 34.8 Å². The van der Waals surface area contributed by atoms with Crippen LogP contribution in [0.15, 0.2) is 30.9 Å². The van der Waals surface area contributed by atoms with Gasteiger partial charge in [0.15, 0.2) is 11.7 Å². The number of carbonyl (C=O) groups is 1. The molecule has 5 nitrogen and oxygen atoms in total. The van der Waals surface area contributed by atoms with E-state index in [1.165, 1.54) is 0 Å². The van der Waals surface area contributed by atoms with Gasteiger partial charge >= 0.3 is 0 Å². The molecule has 3 N–H and O–H groups in total. The Labute approximate surface area is 128 Å². The molecule has 0 saturated heterocycles. The Morgan fingerprint density at radius 3 is 2.90 bits per heavy atom. The highest BCUT2D eigenvalue weighted by Gasteiger charge is 2.05. The first kappa shape index (κ1) is 16.3. The van der Waals surface area contributed by atoms with E-state index in [-0.39, 0.29) is 12.5 Å². The second-order valence-corrected chi connectivity index (χ2v) is 4.72. The van der Waals surface area contributed by atoms with Crippen LogP contribution in [0.25, 0.3) is 0 Å². The van der Waals surface area contributed by atoms with Gasteiger partial charge in [0.05, 0.1) is 0 Å². The summed E-state index contributed by atoms with van der Waals surface area (Å²) in [4.78, 5) is 11.5. The van der Waals surface area contributed by atoms with Gasteiger partial charge in [-0.3, -0.25) is 15.6 Å². The number of benzene rings is 1. The molecule has 0 saturated carbocycles. The van der Waals surface area contributed by atoms with Crippen LogP contribution in [-0.2, 0) is 4.79 Å². The van der Waals surface area contributed by atoms with Crippen molar-refractivity contribution in [3.05, 3.63) is 41.4 Å². The van der Waals surface area contributed by atoms with Crippen LogP contribution >= 0.6 is 23.8 Å². The van der Waals surface area contributed by atoms with Crippen molar-refractivity contribution in [1.82, 2.24) is 16.2 Å². The number of hydrogen-bond acceptors (Lipinski definition) is 3. The Morgan fingerprint density at radius 2 is 2.25 bits per heavy atom. The summed E-state index contributed by atoms with van der Waals surface area (Å²) in [6.07, 6.45) is 1.65. The Kier molecular flexibility index (Phi) is 6.83. The predicted molar refractivity (Wildman–Crippen MR) is 83.8 cm³/mol. The minimum atomic E-state index is -0.345. The molecule has 0 atom stereocenters. The molecular weight excluding hydrogens is 298 g/mol. The Morgan fingerprint density at radius 1 is 1.50 bits per heavy atom. The van der Waals surface area contributed by atoms with Gasteiger partial charge in [0, 0.05) is 11.6 Å². The van der Waals surface area contributed by atoms with E-state index in [0.717, 1.165) is 5.56 Å². The fourth-order valence-electron chi connectivity index (χ4n) is 1.29. The van der Waals surface area contributed by atoms with E-state index in [0.29, 0.717) is 22.4 Å². The summed E-state index contributed by atoms with van der Waals surface area (Å²) < 4.78 is 5.38. The molecule has 0 fully saturated rings. The molecule has 0 heterocycles. The van der Waals surface area contributed by atoms with E-state index in [2.05, 4.69) is 22.7 Å². The Hall–Kier alpha value is -1.79. The molecule has 0 aliphatic rings. The number of amides is 1.